The monoisotopic (exact) mass is 297 g/mol. The Morgan fingerprint density at radius 3 is 2.17 bits per heavy atom. The third kappa shape index (κ3) is 4.26. The Labute approximate surface area is 103 Å². The lowest BCUT2D eigenvalue weighted by Gasteiger charge is -2.21. The predicted molar refractivity (Wildman–Crippen MR) is 61.7 cm³/mol. The molecule has 2 atom stereocenters. The largest absolute Gasteiger partial charge is 0.380 e. The van der Waals surface area contributed by atoms with E-state index in [4.69, 9.17) is 19.6 Å². The highest BCUT2D eigenvalue weighted by atomic mass is 31.2. The van der Waals surface area contributed by atoms with Crippen molar-refractivity contribution in [1.29, 1.82) is 0 Å². The molecule has 18 heavy (non-hydrogen) atoms. The third-order valence-corrected chi connectivity index (χ3v) is 4.61. The molecular formula is C8H13NO7P2. The van der Waals surface area contributed by atoms with Crippen molar-refractivity contribution >= 4 is 15.2 Å². The third-order valence-electron chi connectivity index (χ3n) is 2.30. The van der Waals surface area contributed by atoms with Crippen molar-refractivity contribution in [1.82, 2.24) is 4.98 Å². The number of aromatic nitrogens is 1. The molecule has 0 bridgehead atoms. The highest BCUT2D eigenvalue weighted by Crippen LogP contribution is 2.57. The minimum absolute atomic E-state index is 0.110. The molecule has 8 nitrogen and oxygen atoms in total. The maximum atomic E-state index is 11.3. The van der Waals surface area contributed by atoms with E-state index in [2.05, 4.69) is 4.98 Å². The summed E-state index contributed by atoms with van der Waals surface area (Å²) in [6.07, 6.45) is 1.82. The van der Waals surface area contributed by atoms with Crippen LogP contribution >= 0.6 is 15.2 Å². The van der Waals surface area contributed by atoms with Gasteiger partial charge in [-0.2, -0.15) is 0 Å². The van der Waals surface area contributed by atoms with E-state index in [9.17, 15) is 14.2 Å². The van der Waals surface area contributed by atoms with Crippen LogP contribution in [0.5, 0.6) is 0 Å². The molecule has 1 heterocycles. The molecule has 102 valence electrons. The maximum absolute atomic E-state index is 11.3. The van der Waals surface area contributed by atoms with Gasteiger partial charge in [0.1, 0.15) is 0 Å². The highest BCUT2D eigenvalue weighted by Gasteiger charge is 2.37. The molecule has 0 amide bonds. The van der Waals surface area contributed by atoms with E-state index >= 15 is 0 Å². The highest BCUT2D eigenvalue weighted by molar-refractivity contribution is 7.53. The van der Waals surface area contributed by atoms with Gasteiger partial charge >= 0.3 is 15.2 Å². The van der Waals surface area contributed by atoms with Gasteiger partial charge in [-0.1, -0.05) is 6.07 Å². The lowest BCUT2D eigenvalue weighted by Crippen LogP contribution is -2.13. The van der Waals surface area contributed by atoms with Crippen molar-refractivity contribution in [2.75, 3.05) is 0 Å². The van der Waals surface area contributed by atoms with E-state index in [-0.39, 0.29) is 5.56 Å². The molecule has 5 N–H and O–H groups in total. The molecule has 0 aliphatic heterocycles. The van der Waals surface area contributed by atoms with Crippen molar-refractivity contribution in [3.63, 3.8) is 0 Å². The van der Waals surface area contributed by atoms with Crippen LogP contribution in [0.4, 0.5) is 0 Å². The number of rotatable bonds is 5. The van der Waals surface area contributed by atoms with E-state index in [1.807, 2.05) is 0 Å². The maximum Gasteiger partial charge on any atom is 0.353 e. The number of aliphatic hydroxyl groups excluding tert-OH is 1. The average molecular weight is 297 g/mol. The number of aliphatic hydroxyl groups is 1. The molecule has 1 aromatic rings. The first kappa shape index (κ1) is 15.5. The summed E-state index contributed by atoms with van der Waals surface area (Å²) < 4.78 is 22.1. The fraction of sp³-hybridized carbons (Fsp3) is 0.375. The summed E-state index contributed by atoms with van der Waals surface area (Å²) in [5.41, 5.74) is -1.40. The van der Waals surface area contributed by atoms with Gasteiger partial charge in [-0.15, -0.1) is 0 Å². The van der Waals surface area contributed by atoms with Gasteiger partial charge in [-0.3, -0.25) is 14.1 Å². The topological polar surface area (TPSA) is 148 Å². The molecule has 1 rings (SSSR count). The molecule has 1 aromatic heterocycles. The van der Waals surface area contributed by atoms with Gasteiger partial charge in [0.15, 0.2) is 5.85 Å². The Bertz CT molecular complexity index is 481. The Hall–Kier alpha value is -0.590. The molecule has 0 aliphatic rings. The molecule has 0 fully saturated rings. The molecule has 2 unspecified atom stereocenters. The normalized spacial score (nSPS) is 16.3. The van der Waals surface area contributed by atoms with Crippen LogP contribution in [0.1, 0.15) is 17.6 Å². The fourth-order valence-corrected chi connectivity index (χ4v) is 3.04. The first-order valence-corrected chi connectivity index (χ1v) is 8.17. The van der Waals surface area contributed by atoms with Crippen molar-refractivity contribution in [2.24, 2.45) is 0 Å². The molecule has 0 aromatic carbocycles. The average Bonchev–Trinajstić information content (AvgIpc) is 2.23. The Morgan fingerprint density at radius 2 is 1.78 bits per heavy atom. The predicted octanol–water partition coefficient (Wildman–Crippen LogP) is 0.187. The Kier molecular flexibility index (Phi) is 4.80. The molecular weight excluding hydrogens is 284 g/mol. The van der Waals surface area contributed by atoms with Gasteiger partial charge in [-0.25, -0.2) is 0 Å². The smallest absolute Gasteiger partial charge is 0.353 e. The van der Waals surface area contributed by atoms with E-state index in [1.54, 1.807) is 0 Å². The molecule has 0 saturated heterocycles. The van der Waals surface area contributed by atoms with Gasteiger partial charge < -0.3 is 24.7 Å². The Morgan fingerprint density at radius 1 is 1.17 bits per heavy atom. The zero-order valence-electron chi connectivity index (χ0n) is 9.07. The van der Waals surface area contributed by atoms with Crippen molar-refractivity contribution in [3.8, 4) is 0 Å². The first-order chi connectivity index (χ1) is 8.12. The quantitative estimate of drug-likeness (QED) is 0.483. The van der Waals surface area contributed by atoms with Crippen LogP contribution in [0.15, 0.2) is 24.5 Å². The number of pyridine rings is 1. The minimum atomic E-state index is -4.81. The van der Waals surface area contributed by atoms with E-state index < -0.39 is 33.1 Å². The van der Waals surface area contributed by atoms with Crippen molar-refractivity contribution in [3.05, 3.63) is 30.1 Å². The van der Waals surface area contributed by atoms with Crippen LogP contribution in [0.3, 0.4) is 0 Å². The SMILES string of the molecule is O=P(O)(O)C(O)CC(c1cccnc1)P(=O)(O)O. The van der Waals surface area contributed by atoms with Crippen LogP contribution in [0.25, 0.3) is 0 Å². The van der Waals surface area contributed by atoms with Gasteiger partial charge in [0.2, 0.25) is 0 Å². The molecule has 10 heteroatoms. The molecule has 0 spiro atoms. The second-order valence-corrected chi connectivity index (χ2v) is 7.27. The van der Waals surface area contributed by atoms with Gasteiger partial charge in [0.25, 0.3) is 0 Å². The molecule has 0 aliphatic carbocycles. The fourth-order valence-electron chi connectivity index (χ4n) is 1.38. The zero-order chi connectivity index (χ0) is 14.0. The van der Waals surface area contributed by atoms with Gasteiger partial charge in [-0.05, 0) is 11.6 Å². The van der Waals surface area contributed by atoms with E-state index in [1.165, 1.54) is 24.5 Å². The van der Waals surface area contributed by atoms with Crippen LogP contribution in [-0.2, 0) is 9.13 Å². The van der Waals surface area contributed by atoms with Crippen LogP contribution < -0.4 is 0 Å². The Balaban J connectivity index is 3.03. The van der Waals surface area contributed by atoms with Crippen LogP contribution in [0.2, 0.25) is 0 Å². The number of hydrogen-bond donors (Lipinski definition) is 5. The van der Waals surface area contributed by atoms with Crippen LogP contribution in [0, 0.1) is 0 Å². The number of hydrogen-bond acceptors (Lipinski definition) is 4. The minimum Gasteiger partial charge on any atom is -0.380 e. The zero-order valence-corrected chi connectivity index (χ0v) is 10.9. The van der Waals surface area contributed by atoms with Crippen molar-refractivity contribution in [2.45, 2.75) is 17.9 Å². The summed E-state index contributed by atoms with van der Waals surface area (Å²) in [4.78, 5) is 39.5. The summed E-state index contributed by atoms with van der Waals surface area (Å²) >= 11 is 0. The summed E-state index contributed by atoms with van der Waals surface area (Å²) in [6, 6.07) is 2.80. The van der Waals surface area contributed by atoms with Gasteiger partial charge in [0, 0.05) is 18.8 Å². The summed E-state index contributed by atoms with van der Waals surface area (Å²) in [7, 11) is -9.47. The molecule has 0 radical (unpaired) electrons. The second-order valence-electron chi connectivity index (χ2n) is 3.70. The van der Waals surface area contributed by atoms with Crippen LogP contribution in [-0.4, -0.2) is 35.5 Å². The summed E-state index contributed by atoms with van der Waals surface area (Å²) in [5.74, 6) is -2.13. The molecule has 0 saturated carbocycles. The van der Waals surface area contributed by atoms with E-state index in [0.29, 0.717) is 0 Å². The van der Waals surface area contributed by atoms with E-state index in [0.717, 1.165) is 0 Å². The lowest BCUT2D eigenvalue weighted by molar-refractivity contribution is 0.188. The number of nitrogens with zero attached hydrogens (tertiary/aromatic N) is 1. The van der Waals surface area contributed by atoms with Gasteiger partial charge in [0.05, 0.1) is 5.66 Å². The first-order valence-electron chi connectivity index (χ1n) is 4.81. The lowest BCUT2D eigenvalue weighted by atomic mass is 10.1. The summed E-state index contributed by atoms with van der Waals surface area (Å²) in [5, 5.41) is 9.25. The summed E-state index contributed by atoms with van der Waals surface area (Å²) in [6.45, 7) is 0. The van der Waals surface area contributed by atoms with Crippen molar-refractivity contribution < 1.29 is 33.8 Å². The second kappa shape index (κ2) is 5.59. The standard InChI is InChI=1S/C8H13NO7P2/c10-8(18(14,15)16)4-7(17(11,12)13)6-2-1-3-9-5-6/h1-3,5,7-8,10H,4H2,(H2,11,12,13)(H2,14,15,16).